The molecule has 4 fully saturated rings. The van der Waals surface area contributed by atoms with Gasteiger partial charge in [-0.05, 0) is 87.0 Å². The standard InChI is InChI=1S/C22H26N2O2S/c1-13-5-17(3-4-19(13)26-2)18-12-27-21(23-18)24-20(25)22-9-14-6-15(10-22)8-16(7-14)11-22/h3-5,12,14-16H,6-11H2,1-2H3,(H,23,24,25). The molecule has 4 bridgehead atoms. The average molecular weight is 383 g/mol. The maximum atomic E-state index is 13.2. The normalized spacial score (nSPS) is 31.1. The lowest BCUT2D eigenvalue weighted by Crippen LogP contribution is -2.51. The lowest BCUT2D eigenvalue weighted by Gasteiger charge is -2.55. The highest BCUT2D eigenvalue weighted by molar-refractivity contribution is 7.14. The smallest absolute Gasteiger partial charge is 0.232 e. The van der Waals surface area contributed by atoms with Crippen molar-refractivity contribution in [2.24, 2.45) is 23.2 Å². The summed E-state index contributed by atoms with van der Waals surface area (Å²) >= 11 is 1.52. The maximum absolute atomic E-state index is 13.2. The predicted octanol–water partition coefficient (Wildman–Crippen LogP) is 5.28. The van der Waals surface area contributed by atoms with Gasteiger partial charge < -0.3 is 10.1 Å². The van der Waals surface area contributed by atoms with Crippen LogP contribution in [0.3, 0.4) is 0 Å². The molecule has 1 aromatic heterocycles. The highest BCUT2D eigenvalue weighted by Crippen LogP contribution is 2.60. The minimum absolute atomic E-state index is 0.128. The third-order valence-electron chi connectivity index (χ3n) is 6.94. The molecule has 4 aliphatic carbocycles. The lowest BCUT2D eigenvalue weighted by molar-refractivity contribution is -0.140. The number of rotatable bonds is 4. The van der Waals surface area contributed by atoms with Crippen LogP contribution in [-0.2, 0) is 4.79 Å². The zero-order valence-corrected chi connectivity index (χ0v) is 16.8. The Morgan fingerprint density at radius 2 is 1.85 bits per heavy atom. The first kappa shape index (κ1) is 17.2. The molecule has 0 spiro atoms. The van der Waals surface area contributed by atoms with Crippen molar-refractivity contribution >= 4 is 22.4 Å². The molecule has 4 aliphatic rings. The molecule has 1 aromatic carbocycles. The summed E-state index contributed by atoms with van der Waals surface area (Å²) in [6.45, 7) is 2.03. The molecule has 1 amide bonds. The van der Waals surface area contributed by atoms with Crippen LogP contribution in [0, 0.1) is 30.1 Å². The van der Waals surface area contributed by atoms with Gasteiger partial charge in [0.05, 0.1) is 18.2 Å². The Morgan fingerprint density at radius 3 is 2.44 bits per heavy atom. The number of aromatic nitrogens is 1. The van der Waals surface area contributed by atoms with Crippen molar-refractivity contribution in [1.29, 1.82) is 0 Å². The summed E-state index contributed by atoms with van der Waals surface area (Å²) in [6.07, 6.45) is 7.31. The molecule has 142 valence electrons. The van der Waals surface area contributed by atoms with Crippen molar-refractivity contribution in [3.63, 3.8) is 0 Å². The van der Waals surface area contributed by atoms with Gasteiger partial charge in [0.1, 0.15) is 5.75 Å². The molecule has 1 heterocycles. The van der Waals surface area contributed by atoms with Crippen molar-refractivity contribution in [2.75, 3.05) is 12.4 Å². The Hall–Kier alpha value is -1.88. The molecule has 2 aromatic rings. The molecule has 27 heavy (non-hydrogen) atoms. The number of methoxy groups -OCH3 is 1. The number of hydrogen-bond donors (Lipinski definition) is 1. The van der Waals surface area contributed by atoms with Crippen LogP contribution in [0.1, 0.15) is 44.1 Å². The van der Waals surface area contributed by atoms with E-state index in [0.717, 1.165) is 64.7 Å². The summed E-state index contributed by atoms with van der Waals surface area (Å²) in [6, 6.07) is 6.07. The first-order valence-electron chi connectivity index (χ1n) is 9.97. The second kappa shape index (κ2) is 6.33. The summed E-state index contributed by atoms with van der Waals surface area (Å²) in [5.41, 5.74) is 2.92. The van der Waals surface area contributed by atoms with E-state index in [9.17, 15) is 4.79 Å². The number of thiazole rings is 1. The largest absolute Gasteiger partial charge is 0.496 e. The molecule has 0 atom stereocenters. The van der Waals surface area contributed by atoms with Crippen LogP contribution in [0.4, 0.5) is 5.13 Å². The Balaban J connectivity index is 1.34. The zero-order chi connectivity index (χ0) is 18.6. The number of amides is 1. The Morgan fingerprint density at radius 1 is 1.19 bits per heavy atom. The van der Waals surface area contributed by atoms with Crippen molar-refractivity contribution in [1.82, 2.24) is 4.98 Å². The van der Waals surface area contributed by atoms with Gasteiger partial charge in [-0.3, -0.25) is 4.79 Å². The molecule has 0 saturated heterocycles. The third kappa shape index (κ3) is 2.96. The van der Waals surface area contributed by atoms with E-state index in [0.29, 0.717) is 0 Å². The molecular weight excluding hydrogens is 356 g/mol. The van der Waals surface area contributed by atoms with E-state index in [2.05, 4.69) is 11.4 Å². The molecule has 0 aliphatic heterocycles. The van der Waals surface area contributed by atoms with Crippen LogP contribution in [0.2, 0.25) is 0 Å². The number of hydrogen-bond acceptors (Lipinski definition) is 4. The van der Waals surface area contributed by atoms with Crippen LogP contribution in [-0.4, -0.2) is 18.0 Å². The number of aryl methyl sites for hydroxylation is 1. The Kier molecular flexibility index (Phi) is 4.04. The molecule has 5 heteroatoms. The molecule has 0 unspecified atom stereocenters. The fourth-order valence-corrected chi connectivity index (χ4v) is 6.83. The molecular formula is C22H26N2O2S. The van der Waals surface area contributed by atoms with Gasteiger partial charge in [0.2, 0.25) is 5.91 Å². The number of nitrogens with zero attached hydrogens (tertiary/aromatic N) is 1. The van der Waals surface area contributed by atoms with E-state index in [-0.39, 0.29) is 11.3 Å². The van der Waals surface area contributed by atoms with Gasteiger partial charge in [-0.25, -0.2) is 4.98 Å². The number of benzene rings is 1. The Bertz CT molecular complexity index is 853. The monoisotopic (exact) mass is 382 g/mol. The van der Waals surface area contributed by atoms with Gasteiger partial charge in [0.15, 0.2) is 5.13 Å². The van der Waals surface area contributed by atoms with E-state index < -0.39 is 0 Å². The number of anilines is 1. The summed E-state index contributed by atoms with van der Waals surface area (Å²) in [7, 11) is 1.68. The highest BCUT2D eigenvalue weighted by atomic mass is 32.1. The van der Waals surface area contributed by atoms with Gasteiger partial charge in [0.25, 0.3) is 0 Å². The fraction of sp³-hybridized carbons (Fsp3) is 0.545. The molecule has 6 rings (SSSR count). The summed E-state index contributed by atoms with van der Waals surface area (Å²) in [5.74, 6) is 3.42. The van der Waals surface area contributed by atoms with E-state index in [1.165, 1.54) is 30.6 Å². The van der Waals surface area contributed by atoms with Gasteiger partial charge in [-0.1, -0.05) is 0 Å². The molecule has 0 radical (unpaired) electrons. The first-order chi connectivity index (χ1) is 13.0. The minimum Gasteiger partial charge on any atom is -0.496 e. The van der Waals surface area contributed by atoms with Gasteiger partial charge in [-0.15, -0.1) is 11.3 Å². The number of carbonyl (C=O) groups is 1. The van der Waals surface area contributed by atoms with Gasteiger partial charge in [0, 0.05) is 10.9 Å². The molecule has 4 nitrogen and oxygen atoms in total. The lowest BCUT2D eigenvalue weighted by atomic mass is 9.49. The highest BCUT2D eigenvalue weighted by Gasteiger charge is 2.54. The van der Waals surface area contributed by atoms with Crippen LogP contribution >= 0.6 is 11.3 Å². The second-order valence-corrected chi connectivity index (χ2v) is 9.73. The van der Waals surface area contributed by atoms with E-state index >= 15 is 0 Å². The second-order valence-electron chi connectivity index (χ2n) is 8.87. The van der Waals surface area contributed by atoms with E-state index in [4.69, 9.17) is 9.72 Å². The number of nitrogens with one attached hydrogen (secondary N) is 1. The minimum atomic E-state index is -0.128. The summed E-state index contributed by atoms with van der Waals surface area (Å²) < 4.78 is 5.34. The van der Waals surface area contributed by atoms with Crippen LogP contribution < -0.4 is 10.1 Å². The van der Waals surface area contributed by atoms with Crippen LogP contribution in [0.25, 0.3) is 11.3 Å². The maximum Gasteiger partial charge on any atom is 0.232 e. The molecule has 4 saturated carbocycles. The summed E-state index contributed by atoms with van der Waals surface area (Å²) in [4.78, 5) is 17.9. The van der Waals surface area contributed by atoms with Gasteiger partial charge in [-0.2, -0.15) is 0 Å². The van der Waals surface area contributed by atoms with Crippen LogP contribution in [0.15, 0.2) is 23.6 Å². The van der Waals surface area contributed by atoms with Crippen molar-refractivity contribution in [2.45, 2.75) is 45.4 Å². The first-order valence-corrected chi connectivity index (χ1v) is 10.8. The number of carbonyl (C=O) groups excluding carboxylic acids is 1. The predicted molar refractivity (Wildman–Crippen MR) is 108 cm³/mol. The van der Waals surface area contributed by atoms with E-state index in [1.54, 1.807) is 7.11 Å². The van der Waals surface area contributed by atoms with Crippen molar-refractivity contribution in [3.8, 4) is 17.0 Å². The summed E-state index contributed by atoms with van der Waals surface area (Å²) in [5, 5.41) is 5.92. The Labute approximate surface area is 164 Å². The topological polar surface area (TPSA) is 51.2 Å². The zero-order valence-electron chi connectivity index (χ0n) is 16.0. The quantitative estimate of drug-likeness (QED) is 0.782. The fourth-order valence-electron chi connectivity index (χ4n) is 6.12. The van der Waals surface area contributed by atoms with Gasteiger partial charge >= 0.3 is 0 Å². The van der Waals surface area contributed by atoms with E-state index in [1.807, 2.05) is 24.4 Å². The van der Waals surface area contributed by atoms with Crippen LogP contribution in [0.5, 0.6) is 5.75 Å². The van der Waals surface area contributed by atoms with Crippen molar-refractivity contribution in [3.05, 3.63) is 29.1 Å². The average Bonchev–Trinajstić information content (AvgIpc) is 3.09. The van der Waals surface area contributed by atoms with Crippen molar-refractivity contribution < 1.29 is 9.53 Å². The molecule has 1 N–H and O–H groups in total. The SMILES string of the molecule is COc1ccc(-c2csc(NC(=O)C34CC5CC(CC(C5)C3)C4)n2)cc1C. The third-order valence-corrected chi connectivity index (χ3v) is 7.69. The number of ether oxygens (including phenoxy) is 1.